The molecule has 0 aromatic heterocycles. The van der Waals surface area contributed by atoms with Crippen LogP contribution in [0.1, 0.15) is 43.0 Å². The summed E-state index contributed by atoms with van der Waals surface area (Å²) in [6, 6.07) is 5.79. The maximum Gasteiger partial charge on any atom is 0.251 e. The fraction of sp³-hybridized carbons (Fsp3) is 0.500. The normalized spacial score (nSPS) is 17.8. The predicted molar refractivity (Wildman–Crippen MR) is 84.8 cm³/mol. The highest BCUT2D eigenvalue weighted by atomic mass is 35.5. The second kappa shape index (κ2) is 7.11. The van der Waals surface area contributed by atoms with Gasteiger partial charge in [0.1, 0.15) is 6.04 Å². The molecule has 3 N–H and O–H groups in total. The lowest BCUT2D eigenvalue weighted by Crippen LogP contribution is -2.55. The van der Waals surface area contributed by atoms with Crippen molar-refractivity contribution in [2.75, 3.05) is 6.61 Å². The largest absolute Gasteiger partial charge is 0.394 e. The highest BCUT2D eigenvalue weighted by molar-refractivity contribution is 6.30. The van der Waals surface area contributed by atoms with Gasteiger partial charge < -0.3 is 15.7 Å². The van der Waals surface area contributed by atoms with Crippen LogP contribution in [0.15, 0.2) is 24.3 Å². The summed E-state index contributed by atoms with van der Waals surface area (Å²) in [6.07, 6.45) is 3.53. The van der Waals surface area contributed by atoms with E-state index < -0.39 is 11.6 Å². The minimum Gasteiger partial charge on any atom is -0.394 e. The Bertz CT molecular complexity index is 539. The van der Waals surface area contributed by atoms with Crippen molar-refractivity contribution in [1.29, 1.82) is 0 Å². The van der Waals surface area contributed by atoms with E-state index in [-0.39, 0.29) is 18.4 Å². The van der Waals surface area contributed by atoms with Crippen LogP contribution in [0.25, 0.3) is 0 Å². The zero-order valence-electron chi connectivity index (χ0n) is 12.6. The Labute approximate surface area is 135 Å². The van der Waals surface area contributed by atoms with E-state index in [2.05, 4.69) is 10.6 Å². The SMILES string of the molecule is CC(NC(=O)c1ccc(Cl)cc1)C(=O)NC1(CO)CCCC1. The quantitative estimate of drug-likeness (QED) is 0.774. The Kier molecular flexibility index (Phi) is 5.42. The van der Waals surface area contributed by atoms with Gasteiger partial charge in [-0.05, 0) is 44.0 Å². The summed E-state index contributed by atoms with van der Waals surface area (Å²) in [5.74, 6) is -0.609. The molecular weight excluding hydrogens is 304 g/mol. The van der Waals surface area contributed by atoms with Crippen LogP contribution >= 0.6 is 11.6 Å². The van der Waals surface area contributed by atoms with Crippen molar-refractivity contribution in [2.45, 2.75) is 44.2 Å². The van der Waals surface area contributed by atoms with Crippen LogP contribution in [0.2, 0.25) is 5.02 Å². The van der Waals surface area contributed by atoms with E-state index >= 15 is 0 Å². The maximum absolute atomic E-state index is 12.2. The zero-order chi connectivity index (χ0) is 16.2. The number of benzene rings is 1. The lowest BCUT2D eigenvalue weighted by Gasteiger charge is -2.29. The van der Waals surface area contributed by atoms with Crippen molar-refractivity contribution in [2.24, 2.45) is 0 Å². The topological polar surface area (TPSA) is 78.4 Å². The Morgan fingerprint density at radius 1 is 1.27 bits per heavy atom. The van der Waals surface area contributed by atoms with Gasteiger partial charge in [0.05, 0.1) is 12.1 Å². The van der Waals surface area contributed by atoms with Crippen LogP contribution in [0.4, 0.5) is 0 Å². The van der Waals surface area contributed by atoms with Gasteiger partial charge in [-0.25, -0.2) is 0 Å². The monoisotopic (exact) mass is 324 g/mol. The van der Waals surface area contributed by atoms with Gasteiger partial charge in [0.2, 0.25) is 5.91 Å². The minimum atomic E-state index is -0.674. The van der Waals surface area contributed by atoms with E-state index in [1.54, 1.807) is 31.2 Å². The van der Waals surface area contributed by atoms with Gasteiger partial charge in [-0.15, -0.1) is 0 Å². The second-order valence-corrected chi connectivity index (χ2v) is 6.27. The van der Waals surface area contributed by atoms with Crippen molar-refractivity contribution >= 4 is 23.4 Å². The lowest BCUT2D eigenvalue weighted by atomic mass is 9.98. The summed E-state index contributed by atoms with van der Waals surface area (Å²) in [5, 5.41) is 15.6. The number of carbonyl (C=O) groups is 2. The molecule has 0 saturated heterocycles. The summed E-state index contributed by atoms with van der Waals surface area (Å²) in [5.41, 5.74) is -0.0853. The van der Waals surface area contributed by atoms with Crippen molar-refractivity contribution in [3.8, 4) is 0 Å². The number of hydrogen-bond donors (Lipinski definition) is 3. The Morgan fingerprint density at radius 2 is 1.86 bits per heavy atom. The molecule has 0 heterocycles. The average molecular weight is 325 g/mol. The van der Waals surface area contributed by atoms with Gasteiger partial charge >= 0.3 is 0 Å². The van der Waals surface area contributed by atoms with Gasteiger partial charge in [-0.2, -0.15) is 0 Å². The third kappa shape index (κ3) is 3.99. The molecule has 0 spiro atoms. The molecule has 1 aliphatic carbocycles. The first-order valence-corrected chi connectivity index (χ1v) is 7.83. The minimum absolute atomic E-state index is 0.0728. The Morgan fingerprint density at radius 3 is 2.41 bits per heavy atom. The van der Waals surface area contributed by atoms with E-state index in [4.69, 9.17) is 11.6 Å². The van der Waals surface area contributed by atoms with Crippen LogP contribution < -0.4 is 10.6 Å². The molecule has 2 amide bonds. The molecule has 0 aliphatic heterocycles. The Hall–Kier alpha value is -1.59. The summed E-state index contributed by atoms with van der Waals surface area (Å²) in [6.45, 7) is 1.56. The van der Waals surface area contributed by atoms with E-state index in [0.29, 0.717) is 10.6 Å². The molecular formula is C16H21ClN2O3. The molecule has 1 aliphatic rings. The smallest absolute Gasteiger partial charge is 0.251 e. The van der Waals surface area contributed by atoms with Gasteiger partial charge in [-0.1, -0.05) is 24.4 Å². The van der Waals surface area contributed by atoms with E-state index in [9.17, 15) is 14.7 Å². The first-order valence-electron chi connectivity index (χ1n) is 7.45. The van der Waals surface area contributed by atoms with Crippen LogP contribution in [-0.2, 0) is 4.79 Å². The van der Waals surface area contributed by atoms with Crippen LogP contribution in [0.5, 0.6) is 0 Å². The molecule has 1 aromatic carbocycles. The number of nitrogens with one attached hydrogen (secondary N) is 2. The molecule has 1 unspecified atom stereocenters. The van der Waals surface area contributed by atoms with Crippen molar-refractivity contribution in [3.05, 3.63) is 34.9 Å². The highest BCUT2D eigenvalue weighted by Gasteiger charge is 2.35. The summed E-state index contributed by atoms with van der Waals surface area (Å²) in [7, 11) is 0. The number of aliphatic hydroxyl groups is 1. The average Bonchev–Trinajstić information content (AvgIpc) is 2.96. The molecule has 120 valence electrons. The fourth-order valence-corrected chi connectivity index (χ4v) is 2.82. The van der Waals surface area contributed by atoms with Crippen molar-refractivity contribution in [3.63, 3.8) is 0 Å². The number of carbonyl (C=O) groups excluding carboxylic acids is 2. The molecule has 1 saturated carbocycles. The second-order valence-electron chi connectivity index (χ2n) is 5.84. The first-order chi connectivity index (χ1) is 10.5. The predicted octanol–water partition coefficient (Wildman–Crippen LogP) is 1.88. The van der Waals surface area contributed by atoms with Gasteiger partial charge in [0.25, 0.3) is 5.91 Å². The highest BCUT2D eigenvalue weighted by Crippen LogP contribution is 2.29. The Balaban J connectivity index is 1.93. The van der Waals surface area contributed by atoms with Crippen LogP contribution in [0, 0.1) is 0 Å². The number of halogens is 1. The zero-order valence-corrected chi connectivity index (χ0v) is 13.3. The van der Waals surface area contributed by atoms with Gasteiger partial charge in [0, 0.05) is 10.6 Å². The maximum atomic E-state index is 12.2. The fourth-order valence-electron chi connectivity index (χ4n) is 2.69. The van der Waals surface area contributed by atoms with E-state index in [1.165, 1.54) is 0 Å². The third-order valence-electron chi connectivity index (χ3n) is 4.10. The molecule has 1 atom stereocenters. The van der Waals surface area contributed by atoms with Crippen LogP contribution in [-0.4, -0.2) is 35.1 Å². The number of amides is 2. The molecule has 1 fully saturated rings. The molecule has 1 aromatic rings. The van der Waals surface area contributed by atoms with Gasteiger partial charge in [0.15, 0.2) is 0 Å². The molecule has 22 heavy (non-hydrogen) atoms. The summed E-state index contributed by atoms with van der Waals surface area (Å²) < 4.78 is 0. The van der Waals surface area contributed by atoms with Crippen molar-refractivity contribution in [1.82, 2.24) is 10.6 Å². The van der Waals surface area contributed by atoms with E-state index in [1.807, 2.05) is 0 Å². The molecule has 5 nitrogen and oxygen atoms in total. The number of aliphatic hydroxyl groups excluding tert-OH is 1. The van der Waals surface area contributed by atoms with Crippen LogP contribution in [0.3, 0.4) is 0 Å². The van der Waals surface area contributed by atoms with Crippen molar-refractivity contribution < 1.29 is 14.7 Å². The standard InChI is InChI=1S/C16H21ClN2O3/c1-11(14(21)19-16(10-20)8-2-3-9-16)18-15(22)12-4-6-13(17)7-5-12/h4-7,11,20H,2-3,8-10H2,1H3,(H,18,22)(H,19,21). The molecule has 0 bridgehead atoms. The van der Waals surface area contributed by atoms with E-state index in [0.717, 1.165) is 25.7 Å². The molecule has 0 radical (unpaired) electrons. The third-order valence-corrected chi connectivity index (χ3v) is 4.35. The molecule has 6 heteroatoms. The first kappa shape index (κ1) is 16.8. The number of rotatable bonds is 5. The lowest BCUT2D eigenvalue weighted by molar-refractivity contribution is -0.125. The summed E-state index contributed by atoms with van der Waals surface area (Å²) in [4.78, 5) is 24.3. The van der Waals surface area contributed by atoms with Gasteiger partial charge in [-0.3, -0.25) is 9.59 Å². The molecule has 2 rings (SSSR count). The summed E-state index contributed by atoms with van der Waals surface area (Å²) >= 11 is 5.78. The number of hydrogen-bond acceptors (Lipinski definition) is 3.